The largest absolute Gasteiger partial charge is 0.497 e. The lowest BCUT2D eigenvalue weighted by Gasteiger charge is -2.13. The van der Waals surface area contributed by atoms with Crippen molar-refractivity contribution in [3.05, 3.63) is 69.9 Å². The Kier molecular flexibility index (Phi) is 4.93. The maximum absolute atomic E-state index is 12.7. The molecule has 6 heteroatoms. The third kappa shape index (κ3) is 3.26. The van der Waals surface area contributed by atoms with E-state index in [0.717, 1.165) is 11.3 Å². The van der Waals surface area contributed by atoms with Crippen LogP contribution in [0.5, 0.6) is 5.75 Å². The van der Waals surface area contributed by atoms with Crippen molar-refractivity contribution in [1.82, 2.24) is 9.88 Å². The summed E-state index contributed by atoms with van der Waals surface area (Å²) in [7, 11) is 3.36. The topological polar surface area (TPSA) is 86.3 Å². The van der Waals surface area contributed by atoms with E-state index in [4.69, 9.17) is 10.5 Å². The maximum atomic E-state index is 12.7. The number of nitrogens with zero attached hydrogens (tertiary/aromatic N) is 1. The van der Waals surface area contributed by atoms with Crippen LogP contribution in [0.3, 0.4) is 0 Å². The SMILES string of the molecule is COc1ccc(CCNC(=O)c2c(N)n(C)c3ccccc3c2=O)cc1. The number of pyridine rings is 1. The standard InChI is InChI=1S/C20H21N3O3/c1-23-16-6-4-3-5-15(16)18(24)17(19(23)21)20(25)22-12-11-13-7-9-14(26-2)10-8-13/h3-10H,11-12,21H2,1-2H3,(H,22,25). The fourth-order valence-corrected chi connectivity index (χ4v) is 2.93. The van der Waals surface area contributed by atoms with Crippen LogP contribution in [0.1, 0.15) is 15.9 Å². The predicted octanol–water partition coefficient (Wildman–Crippen LogP) is 2.10. The molecular formula is C20H21N3O3. The first-order valence-electron chi connectivity index (χ1n) is 8.31. The average molecular weight is 351 g/mol. The molecule has 1 amide bonds. The van der Waals surface area contributed by atoms with Crippen LogP contribution in [-0.2, 0) is 13.5 Å². The molecule has 0 spiro atoms. The predicted molar refractivity (Wildman–Crippen MR) is 103 cm³/mol. The quantitative estimate of drug-likeness (QED) is 0.737. The Labute approximate surface area is 151 Å². The van der Waals surface area contributed by atoms with Gasteiger partial charge in [-0.3, -0.25) is 9.59 Å². The third-order valence-corrected chi connectivity index (χ3v) is 4.44. The highest BCUT2D eigenvalue weighted by Crippen LogP contribution is 2.16. The van der Waals surface area contributed by atoms with Gasteiger partial charge in [-0.15, -0.1) is 0 Å². The highest BCUT2D eigenvalue weighted by molar-refractivity contribution is 6.01. The van der Waals surface area contributed by atoms with Crippen LogP contribution in [0.4, 0.5) is 5.82 Å². The zero-order valence-corrected chi connectivity index (χ0v) is 14.8. The molecule has 0 saturated carbocycles. The zero-order chi connectivity index (χ0) is 18.7. The number of carbonyl (C=O) groups is 1. The van der Waals surface area contributed by atoms with Crippen molar-refractivity contribution in [1.29, 1.82) is 0 Å². The summed E-state index contributed by atoms with van der Waals surface area (Å²) in [6, 6.07) is 14.7. The van der Waals surface area contributed by atoms with Crippen LogP contribution < -0.4 is 21.2 Å². The number of hydrogen-bond acceptors (Lipinski definition) is 4. The number of anilines is 1. The summed E-state index contributed by atoms with van der Waals surface area (Å²) in [4.78, 5) is 25.2. The number of aromatic nitrogens is 1. The summed E-state index contributed by atoms with van der Waals surface area (Å²) >= 11 is 0. The molecule has 26 heavy (non-hydrogen) atoms. The minimum Gasteiger partial charge on any atom is -0.497 e. The number of fused-ring (bicyclic) bond motifs is 1. The van der Waals surface area contributed by atoms with Gasteiger partial charge in [0.25, 0.3) is 5.91 Å². The first kappa shape index (κ1) is 17.5. The van der Waals surface area contributed by atoms with Crippen molar-refractivity contribution in [2.45, 2.75) is 6.42 Å². The van der Waals surface area contributed by atoms with Gasteiger partial charge in [0.1, 0.15) is 17.1 Å². The number of ether oxygens (including phenoxy) is 1. The van der Waals surface area contributed by atoms with Gasteiger partial charge in [-0.1, -0.05) is 24.3 Å². The van der Waals surface area contributed by atoms with Gasteiger partial charge in [0.05, 0.1) is 12.6 Å². The van der Waals surface area contributed by atoms with Crippen molar-refractivity contribution in [3.8, 4) is 5.75 Å². The van der Waals surface area contributed by atoms with Gasteiger partial charge in [0.2, 0.25) is 5.43 Å². The van der Waals surface area contributed by atoms with Gasteiger partial charge in [-0.05, 0) is 36.2 Å². The fourth-order valence-electron chi connectivity index (χ4n) is 2.93. The third-order valence-electron chi connectivity index (χ3n) is 4.44. The number of nitrogens with one attached hydrogen (secondary N) is 1. The highest BCUT2D eigenvalue weighted by Gasteiger charge is 2.19. The molecule has 0 bridgehead atoms. The Morgan fingerprint density at radius 3 is 2.54 bits per heavy atom. The molecule has 1 aromatic heterocycles. The van der Waals surface area contributed by atoms with E-state index >= 15 is 0 Å². The molecule has 2 aromatic carbocycles. The Morgan fingerprint density at radius 2 is 1.85 bits per heavy atom. The minimum absolute atomic E-state index is 0.0130. The number of benzene rings is 2. The lowest BCUT2D eigenvalue weighted by molar-refractivity contribution is 0.0953. The number of amides is 1. The van der Waals surface area contributed by atoms with E-state index in [1.807, 2.05) is 30.3 Å². The summed E-state index contributed by atoms with van der Waals surface area (Å²) in [5.41, 5.74) is 7.45. The maximum Gasteiger partial charge on any atom is 0.258 e. The molecule has 0 aliphatic carbocycles. The van der Waals surface area contributed by atoms with Gasteiger partial charge in [-0.2, -0.15) is 0 Å². The molecule has 0 radical (unpaired) electrons. The van der Waals surface area contributed by atoms with E-state index < -0.39 is 5.91 Å². The number of hydrogen-bond donors (Lipinski definition) is 2. The number of nitrogen functional groups attached to an aromatic ring is 1. The molecule has 1 heterocycles. The van der Waals surface area contributed by atoms with E-state index in [1.54, 1.807) is 36.9 Å². The zero-order valence-electron chi connectivity index (χ0n) is 14.8. The Balaban J connectivity index is 1.78. The van der Waals surface area contributed by atoms with Crippen LogP contribution in [0.2, 0.25) is 0 Å². The normalized spacial score (nSPS) is 10.7. The number of carbonyl (C=O) groups excluding carboxylic acids is 1. The van der Waals surface area contributed by atoms with E-state index in [0.29, 0.717) is 23.9 Å². The van der Waals surface area contributed by atoms with Crippen LogP contribution in [0.15, 0.2) is 53.3 Å². The molecule has 3 N–H and O–H groups in total. The Hall–Kier alpha value is -3.28. The molecule has 134 valence electrons. The number of rotatable bonds is 5. The minimum atomic E-state index is -0.456. The van der Waals surface area contributed by atoms with Crippen LogP contribution in [0.25, 0.3) is 10.9 Å². The number of para-hydroxylation sites is 1. The van der Waals surface area contributed by atoms with E-state index in [1.165, 1.54) is 0 Å². The van der Waals surface area contributed by atoms with Crippen LogP contribution >= 0.6 is 0 Å². The highest BCUT2D eigenvalue weighted by atomic mass is 16.5. The molecule has 0 atom stereocenters. The van der Waals surface area contributed by atoms with Crippen molar-refractivity contribution >= 4 is 22.6 Å². The van der Waals surface area contributed by atoms with Gasteiger partial charge in [0.15, 0.2) is 0 Å². The first-order valence-corrected chi connectivity index (χ1v) is 8.31. The molecule has 0 saturated heterocycles. The van der Waals surface area contributed by atoms with Crippen LogP contribution in [0, 0.1) is 0 Å². The molecule has 3 rings (SSSR count). The fraction of sp³-hybridized carbons (Fsp3) is 0.200. The first-order chi connectivity index (χ1) is 12.5. The lowest BCUT2D eigenvalue weighted by Crippen LogP contribution is -2.32. The van der Waals surface area contributed by atoms with E-state index in [-0.39, 0.29) is 16.8 Å². The summed E-state index contributed by atoms with van der Waals surface area (Å²) < 4.78 is 6.78. The number of methoxy groups -OCH3 is 1. The molecular weight excluding hydrogens is 330 g/mol. The van der Waals surface area contributed by atoms with Gasteiger partial charge >= 0.3 is 0 Å². The second-order valence-electron chi connectivity index (χ2n) is 6.02. The van der Waals surface area contributed by atoms with Crippen molar-refractivity contribution in [2.75, 3.05) is 19.4 Å². The van der Waals surface area contributed by atoms with Gasteiger partial charge in [-0.25, -0.2) is 0 Å². The van der Waals surface area contributed by atoms with E-state index in [9.17, 15) is 9.59 Å². The molecule has 0 fully saturated rings. The molecule has 6 nitrogen and oxygen atoms in total. The lowest BCUT2D eigenvalue weighted by atomic mass is 10.1. The van der Waals surface area contributed by atoms with E-state index in [2.05, 4.69) is 5.32 Å². The number of nitrogens with two attached hydrogens (primary N) is 1. The monoisotopic (exact) mass is 351 g/mol. The second-order valence-corrected chi connectivity index (χ2v) is 6.02. The van der Waals surface area contributed by atoms with Gasteiger partial charge < -0.3 is 20.4 Å². The summed E-state index contributed by atoms with van der Waals surface area (Å²) in [6.45, 7) is 0.403. The molecule has 3 aromatic rings. The summed E-state index contributed by atoms with van der Waals surface area (Å²) in [6.07, 6.45) is 0.642. The average Bonchev–Trinajstić information content (AvgIpc) is 2.67. The van der Waals surface area contributed by atoms with Crippen LogP contribution in [-0.4, -0.2) is 24.1 Å². The summed E-state index contributed by atoms with van der Waals surface area (Å²) in [5.74, 6) is 0.489. The Bertz CT molecular complexity index is 1010. The second kappa shape index (κ2) is 7.31. The Morgan fingerprint density at radius 1 is 1.15 bits per heavy atom. The van der Waals surface area contributed by atoms with Crippen molar-refractivity contribution in [2.24, 2.45) is 7.05 Å². The van der Waals surface area contributed by atoms with Crippen molar-refractivity contribution < 1.29 is 9.53 Å². The number of aryl methyl sites for hydroxylation is 1. The molecule has 0 aliphatic rings. The smallest absolute Gasteiger partial charge is 0.258 e. The molecule has 0 unspecified atom stereocenters. The van der Waals surface area contributed by atoms with Crippen molar-refractivity contribution in [3.63, 3.8) is 0 Å². The summed E-state index contributed by atoms with van der Waals surface area (Å²) in [5, 5.41) is 3.26. The molecule has 0 aliphatic heterocycles. The van der Waals surface area contributed by atoms with Gasteiger partial charge in [0, 0.05) is 19.0 Å².